The van der Waals surface area contributed by atoms with Crippen LogP contribution in [-0.4, -0.2) is 31.3 Å². The molecular weight excluding hydrogens is 210 g/mol. The standard InChI is InChI=1S/C9H17NO4.C2H6/c1-9(2,3)14-8(12)10-6-5-7(11)13-4;1-2/h5-6H2,1-4H3,(H,10,12);1-2H3. The van der Waals surface area contributed by atoms with Crippen LogP contribution in [0.25, 0.3) is 0 Å². The van der Waals surface area contributed by atoms with Crippen molar-refractivity contribution < 1.29 is 19.1 Å². The number of hydrogen-bond acceptors (Lipinski definition) is 4. The molecule has 0 saturated heterocycles. The summed E-state index contributed by atoms with van der Waals surface area (Å²) in [7, 11) is 1.30. The molecule has 96 valence electrons. The fraction of sp³-hybridized carbons (Fsp3) is 0.818. The molecule has 0 aromatic rings. The van der Waals surface area contributed by atoms with Crippen LogP contribution in [0.15, 0.2) is 0 Å². The van der Waals surface area contributed by atoms with Crippen molar-refractivity contribution >= 4 is 12.1 Å². The Morgan fingerprint density at radius 2 is 1.69 bits per heavy atom. The Labute approximate surface area is 97.5 Å². The Hall–Kier alpha value is -1.26. The molecule has 0 heterocycles. The van der Waals surface area contributed by atoms with Gasteiger partial charge in [-0.3, -0.25) is 4.79 Å². The van der Waals surface area contributed by atoms with E-state index in [-0.39, 0.29) is 18.9 Å². The van der Waals surface area contributed by atoms with Crippen molar-refractivity contribution in [3.8, 4) is 0 Å². The highest BCUT2D eigenvalue weighted by Gasteiger charge is 2.15. The maximum Gasteiger partial charge on any atom is 0.407 e. The minimum absolute atomic E-state index is 0.149. The molecule has 0 aliphatic carbocycles. The minimum atomic E-state index is -0.526. The molecule has 5 nitrogen and oxygen atoms in total. The highest BCUT2D eigenvalue weighted by molar-refractivity contribution is 5.71. The van der Waals surface area contributed by atoms with Gasteiger partial charge >= 0.3 is 12.1 Å². The maximum absolute atomic E-state index is 11.0. The molecular formula is C11H23NO4. The zero-order valence-corrected chi connectivity index (χ0v) is 11.0. The molecule has 0 atom stereocenters. The third kappa shape index (κ3) is 12.7. The highest BCUT2D eigenvalue weighted by Crippen LogP contribution is 2.06. The second kappa shape index (κ2) is 9.00. The van der Waals surface area contributed by atoms with Crippen molar-refractivity contribution in [3.63, 3.8) is 0 Å². The maximum atomic E-state index is 11.0. The van der Waals surface area contributed by atoms with E-state index in [4.69, 9.17) is 4.74 Å². The molecule has 1 N–H and O–H groups in total. The zero-order chi connectivity index (χ0) is 13.2. The average molecular weight is 233 g/mol. The number of rotatable bonds is 3. The van der Waals surface area contributed by atoms with Gasteiger partial charge in [-0.25, -0.2) is 4.79 Å². The first kappa shape index (κ1) is 17.1. The van der Waals surface area contributed by atoms with Crippen molar-refractivity contribution in [3.05, 3.63) is 0 Å². The molecule has 0 aliphatic heterocycles. The lowest BCUT2D eigenvalue weighted by atomic mass is 10.2. The average Bonchev–Trinajstić information content (AvgIpc) is 2.18. The van der Waals surface area contributed by atoms with E-state index in [2.05, 4.69) is 10.1 Å². The van der Waals surface area contributed by atoms with Crippen LogP contribution in [-0.2, 0) is 14.3 Å². The molecule has 0 aromatic heterocycles. The Kier molecular flexibility index (Phi) is 9.65. The van der Waals surface area contributed by atoms with Gasteiger partial charge in [0.05, 0.1) is 13.5 Å². The second-order valence-corrected chi connectivity index (χ2v) is 3.75. The van der Waals surface area contributed by atoms with E-state index >= 15 is 0 Å². The number of carbonyl (C=O) groups is 2. The number of ether oxygens (including phenoxy) is 2. The van der Waals surface area contributed by atoms with Crippen LogP contribution in [0.2, 0.25) is 0 Å². The predicted octanol–water partition coefficient (Wildman–Crippen LogP) is 2.10. The highest BCUT2D eigenvalue weighted by atomic mass is 16.6. The first-order valence-electron chi connectivity index (χ1n) is 5.39. The molecule has 0 aromatic carbocycles. The molecule has 0 spiro atoms. The number of carbonyl (C=O) groups excluding carboxylic acids is 2. The normalized spacial score (nSPS) is 9.62. The Morgan fingerprint density at radius 3 is 2.06 bits per heavy atom. The number of nitrogens with one attached hydrogen (secondary N) is 1. The first-order chi connectivity index (χ1) is 7.35. The van der Waals surface area contributed by atoms with Crippen molar-refractivity contribution in [2.24, 2.45) is 0 Å². The summed E-state index contributed by atoms with van der Waals surface area (Å²) in [6.45, 7) is 9.54. The monoisotopic (exact) mass is 233 g/mol. The lowest BCUT2D eigenvalue weighted by Crippen LogP contribution is -2.33. The fourth-order valence-electron chi connectivity index (χ4n) is 0.683. The quantitative estimate of drug-likeness (QED) is 0.758. The third-order valence-corrected chi connectivity index (χ3v) is 1.23. The third-order valence-electron chi connectivity index (χ3n) is 1.23. The van der Waals surface area contributed by atoms with E-state index in [1.807, 2.05) is 13.8 Å². The SMILES string of the molecule is CC.COC(=O)CCNC(=O)OC(C)(C)C. The second-order valence-electron chi connectivity index (χ2n) is 3.75. The number of esters is 1. The van der Waals surface area contributed by atoms with Crippen molar-refractivity contribution in [2.75, 3.05) is 13.7 Å². The Bertz CT molecular complexity index is 209. The topological polar surface area (TPSA) is 64.6 Å². The molecule has 0 fully saturated rings. The van der Waals surface area contributed by atoms with Gasteiger partial charge in [0.1, 0.15) is 5.60 Å². The van der Waals surface area contributed by atoms with Crippen LogP contribution in [0.5, 0.6) is 0 Å². The summed E-state index contributed by atoms with van der Waals surface area (Å²) in [4.78, 5) is 21.7. The lowest BCUT2D eigenvalue weighted by molar-refractivity contribution is -0.140. The van der Waals surface area contributed by atoms with Gasteiger partial charge in [0, 0.05) is 6.54 Å². The van der Waals surface area contributed by atoms with Gasteiger partial charge in [-0.15, -0.1) is 0 Å². The Balaban J connectivity index is 0. The molecule has 5 heteroatoms. The molecule has 1 amide bonds. The van der Waals surface area contributed by atoms with E-state index in [1.54, 1.807) is 20.8 Å². The van der Waals surface area contributed by atoms with Gasteiger partial charge in [0.2, 0.25) is 0 Å². The van der Waals surface area contributed by atoms with Crippen LogP contribution in [0.3, 0.4) is 0 Å². The van der Waals surface area contributed by atoms with Crippen LogP contribution in [0.1, 0.15) is 41.0 Å². The minimum Gasteiger partial charge on any atom is -0.469 e. The van der Waals surface area contributed by atoms with Crippen molar-refractivity contribution in [1.82, 2.24) is 5.32 Å². The summed E-state index contributed by atoms with van der Waals surface area (Å²) >= 11 is 0. The van der Waals surface area contributed by atoms with Gasteiger partial charge in [-0.1, -0.05) is 13.8 Å². The number of methoxy groups -OCH3 is 1. The molecule has 16 heavy (non-hydrogen) atoms. The lowest BCUT2D eigenvalue weighted by Gasteiger charge is -2.19. The predicted molar refractivity (Wildman–Crippen MR) is 62.2 cm³/mol. The smallest absolute Gasteiger partial charge is 0.407 e. The summed E-state index contributed by atoms with van der Waals surface area (Å²) in [5.41, 5.74) is -0.519. The number of alkyl carbamates (subject to hydrolysis) is 1. The van der Waals surface area contributed by atoms with Gasteiger partial charge in [0.15, 0.2) is 0 Å². The van der Waals surface area contributed by atoms with Crippen LogP contribution >= 0.6 is 0 Å². The van der Waals surface area contributed by atoms with Crippen LogP contribution in [0.4, 0.5) is 4.79 Å². The zero-order valence-electron chi connectivity index (χ0n) is 11.0. The summed E-state index contributed by atoms with van der Waals surface area (Å²) in [5.74, 6) is -0.360. The molecule has 0 saturated carbocycles. The summed E-state index contributed by atoms with van der Waals surface area (Å²) in [6, 6.07) is 0. The summed E-state index contributed by atoms with van der Waals surface area (Å²) < 4.78 is 9.35. The largest absolute Gasteiger partial charge is 0.469 e. The first-order valence-corrected chi connectivity index (χ1v) is 5.39. The van der Waals surface area contributed by atoms with Gasteiger partial charge < -0.3 is 14.8 Å². The summed E-state index contributed by atoms with van der Waals surface area (Å²) in [5, 5.41) is 2.44. The molecule has 0 bridgehead atoms. The van der Waals surface area contributed by atoms with Crippen LogP contribution in [0, 0.1) is 0 Å². The van der Waals surface area contributed by atoms with Gasteiger partial charge in [-0.05, 0) is 20.8 Å². The van der Waals surface area contributed by atoms with E-state index in [0.29, 0.717) is 0 Å². The van der Waals surface area contributed by atoms with E-state index in [9.17, 15) is 9.59 Å². The number of amides is 1. The molecule has 0 unspecified atom stereocenters. The van der Waals surface area contributed by atoms with Crippen molar-refractivity contribution in [2.45, 2.75) is 46.6 Å². The Morgan fingerprint density at radius 1 is 1.19 bits per heavy atom. The van der Waals surface area contributed by atoms with Gasteiger partial charge in [-0.2, -0.15) is 0 Å². The molecule has 0 aliphatic rings. The molecule has 0 radical (unpaired) electrons. The number of hydrogen-bond donors (Lipinski definition) is 1. The van der Waals surface area contributed by atoms with Crippen molar-refractivity contribution in [1.29, 1.82) is 0 Å². The molecule has 0 rings (SSSR count). The fourth-order valence-corrected chi connectivity index (χ4v) is 0.683. The van der Waals surface area contributed by atoms with Crippen LogP contribution < -0.4 is 5.32 Å². The summed E-state index contributed by atoms with van der Waals surface area (Å²) in [6.07, 6.45) is -0.378. The van der Waals surface area contributed by atoms with E-state index in [0.717, 1.165) is 0 Å². The van der Waals surface area contributed by atoms with Gasteiger partial charge in [0.25, 0.3) is 0 Å². The van der Waals surface area contributed by atoms with E-state index in [1.165, 1.54) is 7.11 Å². The van der Waals surface area contributed by atoms with E-state index < -0.39 is 11.7 Å².